The summed E-state index contributed by atoms with van der Waals surface area (Å²) in [5, 5.41) is 3.64. The molecule has 3 aromatic rings. The second-order valence-corrected chi connectivity index (χ2v) is 9.46. The summed E-state index contributed by atoms with van der Waals surface area (Å²) >= 11 is 0. The van der Waals surface area contributed by atoms with Crippen LogP contribution in [0.5, 0.6) is 0 Å². The molecule has 0 atom stereocenters. The summed E-state index contributed by atoms with van der Waals surface area (Å²) in [5.41, 5.74) is 11.0. The molecule has 0 saturated heterocycles. The van der Waals surface area contributed by atoms with Crippen LogP contribution in [0.15, 0.2) is 60.7 Å². The van der Waals surface area contributed by atoms with Crippen molar-refractivity contribution in [2.24, 2.45) is 0 Å². The Morgan fingerprint density at radius 2 is 1.52 bits per heavy atom. The molecule has 3 aromatic carbocycles. The summed E-state index contributed by atoms with van der Waals surface area (Å²) in [5.74, 6) is 0.764. The average molecular weight is 382 g/mol. The number of hydrogen-bond acceptors (Lipinski definition) is 1. The van der Waals surface area contributed by atoms with Gasteiger partial charge < -0.3 is 5.32 Å². The van der Waals surface area contributed by atoms with Crippen molar-refractivity contribution in [2.45, 2.75) is 64.2 Å². The Bertz CT molecular complexity index is 1040. The number of rotatable bonds is 3. The highest BCUT2D eigenvalue weighted by atomic mass is 14.9. The maximum Gasteiger partial charge on any atom is 0.0387 e. The Labute approximate surface area is 175 Å². The van der Waals surface area contributed by atoms with Gasteiger partial charge in [-0.15, -0.1) is 0 Å². The normalized spacial score (nSPS) is 17.6. The molecule has 5 rings (SSSR count). The minimum absolute atomic E-state index is 0.0409. The molecule has 0 aliphatic heterocycles. The van der Waals surface area contributed by atoms with Crippen molar-refractivity contribution in [3.8, 4) is 11.1 Å². The molecule has 0 amide bonds. The van der Waals surface area contributed by atoms with E-state index < -0.39 is 0 Å². The molecule has 2 aliphatic carbocycles. The van der Waals surface area contributed by atoms with Crippen molar-refractivity contribution < 1.29 is 0 Å². The number of benzene rings is 3. The van der Waals surface area contributed by atoms with Crippen molar-refractivity contribution in [1.82, 2.24) is 0 Å². The van der Waals surface area contributed by atoms with Crippen LogP contribution in [-0.2, 0) is 5.41 Å². The summed E-state index contributed by atoms with van der Waals surface area (Å²) in [6.07, 6.45) is 6.89. The second-order valence-electron chi connectivity index (χ2n) is 9.46. The molecule has 148 valence electrons. The molecule has 0 heterocycles. The molecule has 0 spiro atoms. The third kappa shape index (κ3) is 3.17. The molecule has 0 radical (unpaired) electrons. The van der Waals surface area contributed by atoms with Crippen molar-refractivity contribution >= 4 is 11.4 Å². The van der Waals surface area contributed by atoms with E-state index in [1.54, 1.807) is 0 Å². The molecular formula is C28H31N. The van der Waals surface area contributed by atoms with Crippen molar-refractivity contribution in [3.05, 3.63) is 82.9 Å². The smallest absolute Gasteiger partial charge is 0.0387 e. The van der Waals surface area contributed by atoms with Crippen LogP contribution >= 0.6 is 0 Å². The van der Waals surface area contributed by atoms with Gasteiger partial charge in [0.15, 0.2) is 0 Å². The SMILES string of the molecule is Cc1cccc2c1-c1ccc(Nc3ccc(C4CCCCC4)cc3)cc1C2(C)C. The average Bonchev–Trinajstić information content (AvgIpc) is 2.97. The van der Waals surface area contributed by atoms with E-state index in [0.717, 1.165) is 5.92 Å². The largest absolute Gasteiger partial charge is 0.356 e. The van der Waals surface area contributed by atoms with Crippen LogP contribution in [0.1, 0.15) is 74.1 Å². The standard InChI is InChI=1S/C28H31N/c1-19-8-7-11-25-27(19)24-17-16-23(18-26(24)28(25,2)3)29-22-14-12-21(13-15-22)20-9-5-4-6-10-20/h7-8,11-18,20,29H,4-6,9-10H2,1-3H3. The maximum atomic E-state index is 3.64. The molecule has 1 heteroatoms. The van der Waals surface area contributed by atoms with Crippen molar-refractivity contribution in [2.75, 3.05) is 5.32 Å². The van der Waals surface area contributed by atoms with Gasteiger partial charge in [0.05, 0.1) is 0 Å². The molecule has 29 heavy (non-hydrogen) atoms. The molecule has 1 saturated carbocycles. The fourth-order valence-electron chi connectivity index (χ4n) is 5.49. The lowest BCUT2D eigenvalue weighted by atomic mass is 9.82. The van der Waals surface area contributed by atoms with Gasteiger partial charge in [-0.05, 0) is 83.3 Å². The van der Waals surface area contributed by atoms with Crippen LogP contribution in [0.25, 0.3) is 11.1 Å². The van der Waals surface area contributed by atoms with E-state index in [4.69, 9.17) is 0 Å². The molecule has 2 aliphatic rings. The Morgan fingerprint density at radius 1 is 0.793 bits per heavy atom. The summed E-state index contributed by atoms with van der Waals surface area (Å²) in [6.45, 7) is 6.92. The molecule has 0 bridgehead atoms. The van der Waals surface area contributed by atoms with Crippen molar-refractivity contribution in [3.63, 3.8) is 0 Å². The first-order valence-electron chi connectivity index (χ1n) is 11.2. The number of fused-ring (bicyclic) bond motifs is 3. The van der Waals surface area contributed by atoms with Gasteiger partial charge in [-0.3, -0.25) is 0 Å². The topological polar surface area (TPSA) is 12.0 Å². The lowest BCUT2D eigenvalue weighted by molar-refractivity contribution is 0.443. The highest BCUT2D eigenvalue weighted by molar-refractivity contribution is 5.84. The quantitative estimate of drug-likeness (QED) is 0.483. The van der Waals surface area contributed by atoms with Gasteiger partial charge in [0.2, 0.25) is 0 Å². The number of aryl methyl sites for hydroxylation is 1. The van der Waals surface area contributed by atoms with Crippen molar-refractivity contribution in [1.29, 1.82) is 0 Å². The zero-order valence-electron chi connectivity index (χ0n) is 17.9. The van der Waals surface area contributed by atoms with Gasteiger partial charge in [-0.2, -0.15) is 0 Å². The lowest BCUT2D eigenvalue weighted by Crippen LogP contribution is -2.15. The summed E-state index contributed by atoms with van der Waals surface area (Å²) in [7, 11) is 0. The predicted molar refractivity (Wildman–Crippen MR) is 124 cm³/mol. The van der Waals surface area contributed by atoms with Crippen LogP contribution in [0.3, 0.4) is 0 Å². The van der Waals surface area contributed by atoms with E-state index in [0.29, 0.717) is 0 Å². The summed E-state index contributed by atoms with van der Waals surface area (Å²) in [6, 6.07) is 22.7. The first kappa shape index (κ1) is 18.5. The zero-order valence-corrected chi connectivity index (χ0v) is 17.9. The first-order valence-corrected chi connectivity index (χ1v) is 11.2. The van der Waals surface area contributed by atoms with Crippen LogP contribution in [0.2, 0.25) is 0 Å². The Hall–Kier alpha value is -2.54. The van der Waals surface area contributed by atoms with Crippen LogP contribution in [-0.4, -0.2) is 0 Å². The molecule has 0 aromatic heterocycles. The van der Waals surface area contributed by atoms with E-state index in [-0.39, 0.29) is 5.41 Å². The number of nitrogens with one attached hydrogen (secondary N) is 1. The second kappa shape index (κ2) is 7.06. The van der Waals surface area contributed by atoms with E-state index in [2.05, 4.69) is 86.8 Å². The van der Waals surface area contributed by atoms with Gasteiger partial charge in [-0.1, -0.05) is 69.5 Å². The predicted octanol–water partition coefficient (Wildman–Crippen LogP) is 8.09. The summed E-state index contributed by atoms with van der Waals surface area (Å²) < 4.78 is 0. The van der Waals surface area contributed by atoms with Gasteiger partial charge in [0.25, 0.3) is 0 Å². The third-order valence-corrected chi connectivity index (χ3v) is 7.18. The number of hydrogen-bond donors (Lipinski definition) is 1. The third-order valence-electron chi connectivity index (χ3n) is 7.18. The fourth-order valence-corrected chi connectivity index (χ4v) is 5.49. The maximum absolute atomic E-state index is 3.64. The van der Waals surface area contributed by atoms with Gasteiger partial charge >= 0.3 is 0 Å². The van der Waals surface area contributed by atoms with Crippen LogP contribution < -0.4 is 5.32 Å². The zero-order chi connectivity index (χ0) is 20.0. The van der Waals surface area contributed by atoms with E-state index >= 15 is 0 Å². The Balaban J connectivity index is 1.41. The van der Waals surface area contributed by atoms with E-state index in [9.17, 15) is 0 Å². The fraction of sp³-hybridized carbons (Fsp3) is 0.357. The molecule has 0 unspecified atom stereocenters. The van der Waals surface area contributed by atoms with E-state index in [1.165, 1.54) is 76.9 Å². The molecule has 1 N–H and O–H groups in total. The highest BCUT2D eigenvalue weighted by Gasteiger charge is 2.36. The summed E-state index contributed by atoms with van der Waals surface area (Å²) in [4.78, 5) is 0. The molecule has 1 nitrogen and oxygen atoms in total. The van der Waals surface area contributed by atoms with E-state index in [1.807, 2.05) is 0 Å². The molecule has 1 fully saturated rings. The monoisotopic (exact) mass is 381 g/mol. The van der Waals surface area contributed by atoms with Gasteiger partial charge in [0, 0.05) is 16.8 Å². The molecular weight excluding hydrogens is 350 g/mol. The van der Waals surface area contributed by atoms with Gasteiger partial charge in [-0.25, -0.2) is 0 Å². The van der Waals surface area contributed by atoms with Gasteiger partial charge in [0.1, 0.15) is 0 Å². The minimum atomic E-state index is 0.0409. The lowest BCUT2D eigenvalue weighted by Gasteiger charge is -2.23. The van der Waals surface area contributed by atoms with Crippen LogP contribution in [0.4, 0.5) is 11.4 Å². The van der Waals surface area contributed by atoms with Crippen LogP contribution in [0, 0.1) is 6.92 Å². The Morgan fingerprint density at radius 3 is 2.28 bits per heavy atom. The minimum Gasteiger partial charge on any atom is -0.356 e. The first-order chi connectivity index (χ1) is 14.0. The number of anilines is 2. The highest BCUT2D eigenvalue weighted by Crippen LogP contribution is 2.50. The Kier molecular flexibility index (Phi) is 4.50.